The molecule has 0 atom stereocenters. The van der Waals surface area contributed by atoms with Gasteiger partial charge in [-0.05, 0) is 43.3 Å². The molecule has 0 bridgehead atoms. The van der Waals surface area contributed by atoms with Gasteiger partial charge >= 0.3 is 0 Å². The van der Waals surface area contributed by atoms with E-state index in [2.05, 4.69) is 22.0 Å². The van der Waals surface area contributed by atoms with E-state index < -0.39 is 0 Å². The van der Waals surface area contributed by atoms with Gasteiger partial charge in [0.05, 0.1) is 27.9 Å². The average molecular weight is 431 g/mol. The first-order chi connectivity index (χ1) is 15.1. The molecule has 3 rings (SSSR count). The predicted molar refractivity (Wildman–Crippen MR) is 121 cm³/mol. The normalized spacial score (nSPS) is 14.4. The summed E-state index contributed by atoms with van der Waals surface area (Å²) in [6.07, 6.45) is 0. The molecule has 0 unspecified atom stereocenters. The van der Waals surface area contributed by atoms with Crippen molar-refractivity contribution in [3.05, 3.63) is 47.8 Å². The van der Waals surface area contributed by atoms with E-state index in [0.29, 0.717) is 23.8 Å². The Balaban J connectivity index is 1.72. The zero-order valence-electron chi connectivity index (χ0n) is 18.7. The van der Waals surface area contributed by atoms with Crippen LogP contribution in [0.25, 0.3) is 0 Å². The third-order valence-corrected chi connectivity index (χ3v) is 5.29. The molecule has 1 N–H and O–H groups in total. The fourth-order valence-electron chi connectivity index (χ4n) is 3.70. The largest absolute Gasteiger partial charge is 0.493 e. The van der Waals surface area contributed by atoms with Crippen LogP contribution in [0.1, 0.15) is 12.5 Å². The molecule has 0 saturated carbocycles. The Kier molecular flexibility index (Phi) is 7.81. The highest BCUT2D eigenvalue weighted by molar-refractivity contribution is 5.80. The second kappa shape index (κ2) is 10.7. The van der Waals surface area contributed by atoms with Gasteiger partial charge in [0.2, 0.25) is 5.75 Å². The minimum absolute atomic E-state index is 0.213. The van der Waals surface area contributed by atoms with Gasteiger partial charge in [0.1, 0.15) is 5.82 Å². The van der Waals surface area contributed by atoms with Crippen molar-refractivity contribution >= 4 is 11.6 Å². The van der Waals surface area contributed by atoms with Crippen LogP contribution in [0.3, 0.4) is 0 Å². The molecule has 168 valence electrons. The molecule has 1 aliphatic heterocycles. The quantitative estimate of drug-likeness (QED) is 0.538. The van der Waals surface area contributed by atoms with Crippen LogP contribution in [-0.4, -0.2) is 64.9 Å². The number of aliphatic imine (C=N–C) groups is 1. The number of nitrogens with one attached hydrogen (secondary N) is 1. The molecule has 1 heterocycles. The maximum absolute atomic E-state index is 13.2. The lowest BCUT2D eigenvalue weighted by Gasteiger charge is -2.37. The summed E-state index contributed by atoms with van der Waals surface area (Å²) in [4.78, 5) is 9.35. The molecule has 2 aromatic rings. The molecule has 0 amide bonds. The fourth-order valence-corrected chi connectivity index (χ4v) is 3.70. The summed E-state index contributed by atoms with van der Waals surface area (Å²) >= 11 is 0. The van der Waals surface area contributed by atoms with E-state index in [4.69, 9.17) is 19.2 Å². The molecule has 0 aliphatic carbocycles. The molecule has 0 spiro atoms. The van der Waals surface area contributed by atoms with Crippen LogP contribution in [0.4, 0.5) is 10.1 Å². The van der Waals surface area contributed by atoms with Gasteiger partial charge in [0.25, 0.3) is 0 Å². The van der Waals surface area contributed by atoms with Crippen LogP contribution in [0.2, 0.25) is 0 Å². The highest BCUT2D eigenvalue weighted by atomic mass is 19.1. The summed E-state index contributed by atoms with van der Waals surface area (Å²) in [6, 6.07) is 10.5. The lowest BCUT2D eigenvalue weighted by molar-refractivity contribution is 0.322. The summed E-state index contributed by atoms with van der Waals surface area (Å²) in [7, 11) is 4.81. The molecule has 0 radical (unpaired) electrons. The van der Waals surface area contributed by atoms with Gasteiger partial charge in [-0.15, -0.1) is 0 Å². The lowest BCUT2D eigenvalue weighted by Crippen LogP contribution is -2.52. The van der Waals surface area contributed by atoms with E-state index in [1.165, 1.54) is 12.1 Å². The summed E-state index contributed by atoms with van der Waals surface area (Å²) in [5.41, 5.74) is 1.96. The predicted octanol–water partition coefficient (Wildman–Crippen LogP) is 3.14. The molecule has 7 nitrogen and oxygen atoms in total. The van der Waals surface area contributed by atoms with Crippen molar-refractivity contribution in [2.45, 2.75) is 13.5 Å². The smallest absolute Gasteiger partial charge is 0.203 e. The number of ether oxygens (including phenoxy) is 3. The van der Waals surface area contributed by atoms with Crippen molar-refractivity contribution in [3.8, 4) is 17.2 Å². The Morgan fingerprint density at radius 1 is 0.935 bits per heavy atom. The van der Waals surface area contributed by atoms with Crippen molar-refractivity contribution in [2.75, 3.05) is 59.0 Å². The summed E-state index contributed by atoms with van der Waals surface area (Å²) < 4.78 is 29.6. The van der Waals surface area contributed by atoms with Crippen LogP contribution in [0.15, 0.2) is 41.4 Å². The standard InChI is InChI=1S/C23H31FN4O3/c1-5-25-23(26-16-17-6-11-20(29-2)22(31-4)21(17)30-3)28-14-12-27(13-15-28)19-9-7-18(24)8-10-19/h6-11H,5,12-16H2,1-4H3,(H,25,26). The van der Waals surface area contributed by atoms with Crippen molar-refractivity contribution in [2.24, 2.45) is 4.99 Å². The molecule has 1 fully saturated rings. The van der Waals surface area contributed by atoms with E-state index in [9.17, 15) is 4.39 Å². The second-order valence-electron chi connectivity index (χ2n) is 7.11. The number of guanidine groups is 1. The number of piperazine rings is 1. The molecule has 31 heavy (non-hydrogen) atoms. The van der Waals surface area contributed by atoms with E-state index in [-0.39, 0.29) is 5.82 Å². The van der Waals surface area contributed by atoms with Crippen LogP contribution < -0.4 is 24.4 Å². The summed E-state index contributed by atoms with van der Waals surface area (Å²) in [6.45, 7) is 6.62. The third kappa shape index (κ3) is 5.31. The number of methoxy groups -OCH3 is 3. The number of anilines is 1. The van der Waals surface area contributed by atoms with Crippen molar-refractivity contribution < 1.29 is 18.6 Å². The topological polar surface area (TPSA) is 58.6 Å². The summed E-state index contributed by atoms with van der Waals surface area (Å²) in [5.74, 6) is 2.46. The Labute approximate surface area is 183 Å². The Hall–Kier alpha value is -3.16. The van der Waals surface area contributed by atoms with E-state index in [1.807, 2.05) is 24.3 Å². The van der Waals surface area contributed by atoms with Crippen LogP contribution >= 0.6 is 0 Å². The molecule has 0 aromatic heterocycles. The number of hydrogen-bond donors (Lipinski definition) is 1. The highest BCUT2D eigenvalue weighted by Gasteiger charge is 2.21. The molecular formula is C23H31FN4O3. The van der Waals surface area contributed by atoms with E-state index in [0.717, 1.165) is 49.9 Å². The Morgan fingerprint density at radius 3 is 2.19 bits per heavy atom. The van der Waals surface area contributed by atoms with Gasteiger partial charge in [-0.2, -0.15) is 0 Å². The zero-order chi connectivity index (χ0) is 22.2. The van der Waals surface area contributed by atoms with Crippen molar-refractivity contribution in [1.82, 2.24) is 10.2 Å². The Bertz CT molecular complexity index is 881. The SMILES string of the molecule is CCNC(=NCc1ccc(OC)c(OC)c1OC)N1CCN(c2ccc(F)cc2)CC1. The maximum Gasteiger partial charge on any atom is 0.203 e. The van der Waals surface area contributed by atoms with Crippen LogP contribution in [0.5, 0.6) is 17.2 Å². The zero-order valence-corrected chi connectivity index (χ0v) is 18.7. The van der Waals surface area contributed by atoms with Gasteiger partial charge in [0, 0.05) is 44.0 Å². The maximum atomic E-state index is 13.2. The lowest BCUT2D eigenvalue weighted by atomic mass is 10.1. The highest BCUT2D eigenvalue weighted by Crippen LogP contribution is 2.40. The van der Waals surface area contributed by atoms with Gasteiger partial charge in [0.15, 0.2) is 17.5 Å². The van der Waals surface area contributed by atoms with Crippen molar-refractivity contribution in [1.29, 1.82) is 0 Å². The van der Waals surface area contributed by atoms with Gasteiger partial charge in [-0.3, -0.25) is 0 Å². The van der Waals surface area contributed by atoms with Crippen molar-refractivity contribution in [3.63, 3.8) is 0 Å². The average Bonchev–Trinajstić information content (AvgIpc) is 2.81. The Morgan fingerprint density at radius 2 is 1.61 bits per heavy atom. The number of benzene rings is 2. The molecule has 8 heteroatoms. The van der Waals surface area contributed by atoms with Crippen LogP contribution in [0, 0.1) is 5.82 Å². The number of rotatable bonds is 7. The van der Waals surface area contributed by atoms with Crippen LogP contribution in [-0.2, 0) is 6.54 Å². The molecular weight excluding hydrogens is 399 g/mol. The van der Waals surface area contributed by atoms with E-state index >= 15 is 0 Å². The van der Waals surface area contributed by atoms with E-state index in [1.54, 1.807) is 21.3 Å². The summed E-state index contributed by atoms with van der Waals surface area (Å²) in [5, 5.41) is 3.38. The minimum Gasteiger partial charge on any atom is -0.493 e. The van der Waals surface area contributed by atoms with Gasteiger partial charge in [-0.1, -0.05) is 0 Å². The third-order valence-electron chi connectivity index (χ3n) is 5.29. The monoisotopic (exact) mass is 430 g/mol. The van der Waals surface area contributed by atoms with Gasteiger partial charge < -0.3 is 29.3 Å². The number of hydrogen-bond acceptors (Lipinski definition) is 5. The number of halogens is 1. The first kappa shape index (κ1) is 22.5. The van der Waals surface area contributed by atoms with Gasteiger partial charge in [-0.25, -0.2) is 9.38 Å². The molecule has 1 aliphatic rings. The number of nitrogens with zero attached hydrogens (tertiary/aromatic N) is 3. The molecule has 1 saturated heterocycles. The molecule has 2 aromatic carbocycles. The second-order valence-corrected chi connectivity index (χ2v) is 7.11. The minimum atomic E-state index is -0.213. The first-order valence-electron chi connectivity index (χ1n) is 10.4. The fraction of sp³-hybridized carbons (Fsp3) is 0.435. The first-order valence-corrected chi connectivity index (χ1v) is 10.4.